The summed E-state index contributed by atoms with van der Waals surface area (Å²) in [6.07, 6.45) is 2.42. The number of sulfone groups is 1. The molecule has 0 spiro atoms. The fraction of sp³-hybridized carbons (Fsp3) is 0.500. The first kappa shape index (κ1) is 14.1. The van der Waals surface area contributed by atoms with Crippen LogP contribution in [0.2, 0.25) is 5.22 Å². The molecule has 0 unspecified atom stereocenters. The highest BCUT2D eigenvalue weighted by Crippen LogP contribution is 2.17. The van der Waals surface area contributed by atoms with Crippen LogP contribution in [-0.4, -0.2) is 31.9 Å². The summed E-state index contributed by atoms with van der Waals surface area (Å²) in [5.41, 5.74) is 0.191. The molecule has 0 aliphatic heterocycles. The van der Waals surface area contributed by atoms with Crippen molar-refractivity contribution in [2.45, 2.75) is 18.6 Å². The van der Waals surface area contributed by atoms with Crippen LogP contribution in [0.4, 0.5) is 0 Å². The molecule has 0 saturated carbocycles. The molecule has 1 amide bonds. The second kappa shape index (κ2) is 4.70. The van der Waals surface area contributed by atoms with Gasteiger partial charge in [-0.25, -0.2) is 8.42 Å². The minimum atomic E-state index is -3.25. The zero-order chi connectivity index (χ0) is 13.3. The fourth-order valence-corrected chi connectivity index (χ4v) is 1.51. The topological polar surface area (TPSA) is 76.4 Å². The van der Waals surface area contributed by atoms with E-state index in [1.165, 1.54) is 12.3 Å². The molecule has 1 N–H and O–H groups in total. The average molecular weight is 280 g/mol. The quantitative estimate of drug-likeness (QED) is 0.906. The van der Waals surface area contributed by atoms with Gasteiger partial charge in [-0.15, -0.1) is 0 Å². The highest BCUT2D eigenvalue weighted by molar-refractivity contribution is 7.92. The molecule has 0 bridgehead atoms. The molecule has 96 valence electrons. The van der Waals surface area contributed by atoms with Crippen molar-refractivity contribution in [3.63, 3.8) is 0 Å². The predicted molar refractivity (Wildman–Crippen MR) is 65.0 cm³/mol. The molecule has 1 aromatic rings. The SMILES string of the molecule is CC(C)(CNC(=O)c1ccoc1Cl)S(C)(=O)=O. The summed E-state index contributed by atoms with van der Waals surface area (Å²) in [7, 11) is -3.25. The van der Waals surface area contributed by atoms with E-state index >= 15 is 0 Å². The Morgan fingerprint density at radius 1 is 1.53 bits per heavy atom. The first-order valence-electron chi connectivity index (χ1n) is 4.86. The summed E-state index contributed by atoms with van der Waals surface area (Å²) in [6.45, 7) is 3.09. The van der Waals surface area contributed by atoms with Crippen LogP contribution >= 0.6 is 11.6 Å². The minimum absolute atomic E-state index is 0.00613. The van der Waals surface area contributed by atoms with E-state index in [1.54, 1.807) is 13.8 Å². The smallest absolute Gasteiger partial charge is 0.256 e. The van der Waals surface area contributed by atoms with Crippen molar-refractivity contribution in [2.24, 2.45) is 0 Å². The number of hydrogen-bond donors (Lipinski definition) is 1. The van der Waals surface area contributed by atoms with Gasteiger partial charge in [0.25, 0.3) is 5.91 Å². The number of halogens is 1. The van der Waals surface area contributed by atoms with Crippen LogP contribution in [0.5, 0.6) is 0 Å². The number of rotatable bonds is 4. The summed E-state index contributed by atoms with van der Waals surface area (Å²) in [6, 6.07) is 1.42. The van der Waals surface area contributed by atoms with Crippen LogP contribution < -0.4 is 5.32 Å². The number of carbonyl (C=O) groups is 1. The lowest BCUT2D eigenvalue weighted by Gasteiger charge is -2.22. The molecule has 17 heavy (non-hydrogen) atoms. The lowest BCUT2D eigenvalue weighted by atomic mass is 10.2. The van der Waals surface area contributed by atoms with E-state index in [0.717, 1.165) is 6.26 Å². The first-order chi connectivity index (χ1) is 7.65. The van der Waals surface area contributed by atoms with Crippen LogP contribution in [-0.2, 0) is 9.84 Å². The zero-order valence-corrected chi connectivity index (χ0v) is 11.4. The summed E-state index contributed by atoms with van der Waals surface area (Å²) < 4.78 is 26.6. The third kappa shape index (κ3) is 3.23. The normalized spacial score (nSPS) is 12.5. The summed E-state index contributed by atoms with van der Waals surface area (Å²) >= 11 is 5.63. The van der Waals surface area contributed by atoms with Gasteiger partial charge in [-0.05, 0) is 31.5 Å². The summed E-state index contributed by atoms with van der Waals surface area (Å²) in [5, 5.41) is 2.50. The molecule has 0 aliphatic rings. The maximum Gasteiger partial charge on any atom is 0.256 e. The molecule has 0 atom stereocenters. The number of amides is 1. The van der Waals surface area contributed by atoms with Gasteiger partial charge in [-0.3, -0.25) is 4.79 Å². The van der Waals surface area contributed by atoms with Gasteiger partial charge in [0, 0.05) is 12.8 Å². The van der Waals surface area contributed by atoms with Crippen molar-refractivity contribution in [1.29, 1.82) is 0 Å². The van der Waals surface area contributed by atoms with Crippen LogP contribution in [0.15, 0.2) is 16.7 Å². The zero-order valence-electron chi connectivity index (χ0n) is 9.78. The molecule has 1 rings (SSSR count). The predicted octanol–water partition coefficient (Wildman–Crippen LogP) is 1.49. The highest BCUT2D eigenvalue weighted by Gasteiger charge is 2.30. The Labute approximate surface area is 105 Å². The number of carbonyl (C=O) groups excluding carboxylic acids is 1. The van der Waals surface area contributed by atoms with Gasteiger partial charge in [0.05, 0.1) is 16.6 Å². The Morgan fingerprint density at radius 3 is 2.53 bits per heavy atom. The van der Waals surface area contributed by atoms with Gasteiger partial charge < -0.3 is 9.73 Å². The van der Waals surface area contributed by atoms with Gasteiger partial charge in [0.15, 0.2) is 9.84 Å². The molecule has 0 radical (unpaired) electrons. The Morgan fingerprint density at radius 2 is 2.12 bits per heavy atom. The van der Waals surface area contributed by atoms with E-state index < -0.39 is 20.5 Å². The van der Waals surface area contributed by atoms with Gasteiger partial charge >= 0.3 is 0 Å². The fourth-order valence-electron chi connectivity index (χ4n) is 0.975. The molecular formula is C10H14ClNO4S. The molecule has 0 aliphatic carbocycles. The molecular weight excluding hydrogens is 266 g/mol. The lowest BCUT2D eigenvalue weighted by Crippen LogP contribution is -2.43. The van der Waals surface area contributed by atoms with Crippen LogP contribution in [0.25, 0.3) is 0 Å². The number of furan rings is 1. The van der Waals surface area contributed by atoms with Crippen LogP contribution in [0.3, 0.4) is 0 Å². The number of nitrogens with one attached hydrogen (secondary N) is 1. The van der Waals surface area contributed by atoms with Gasteiger partial charge in [-0.1, -0.05) is 0 Å². The second-order valence-electron chi connectivity index (χ2n) is 4.32. The third-order valence-electron chi connectivity index (χ3n) is 2.54. The molecule has 1 heterocycles. The lowest BCUT2D eigenvalue weighted by molar-refractivity contribution is 0.0950. The third-order valence-corrected chi connectivity index (χ3v) is 4.99. The van der Waals surface area contributed by atoms with Crippen LogP contribution in [0, 0.1) is 0 Å². The van der Waals surface area contributed by atoms with Gasteiger partial charge in [0.2, 0.25) is 5.22 Å². The van der Waals surface area contributed by atoms with E-state index in [1.807, 2.05) is 0 Å². The van der Waals surface area contributed by atoms with E-state index in [0.29, 0.717) is 0 Å². The largest absolute Gasteiger partial charge is 0.452 e. The average Bonchev–Trinajstić information content (AvgIpc) is 2.59. The Kier molecular flexibility index (Phi) is 3.88. The first-order valence-corrected chi connectivity index (χ1v) is 7.13. The second-order valence-corrected chi connectivity index (χ2v) is 7.32. The molecule has 7 heteroatoms. The molecule has 5 nitrogen and oxygen atoms in total. The summed E-state index contributed by atoms with van der Waals surface area (Å²) in [5.74, 6) is -0.458. The maximum absolute atomic E-state index is 11.6. The van der Waals surface area contributed by atoms with Crippen molar-refractivity contribution in [3.05, 3.63) is 23.1 Å². The molecule has 0 fully saturated rings. The van der Waals surface area contributed by atoms with E-state index in [9.17, 15) is 13.2 Å². The Balaban J connectivity index is 2.71. The highest BCUT2D eigenvalue weighted by atomic mass is 35.5. The van der Waals surface area contributed by atoms with Crippen molar-refractivity contribution < 1.29 is 17.6 Å². The Bertz CT molecular complexity index is 518. The van der Waals surface area contributed by atoms with Crippen molar-refractivity contribution in [2.75, 3.05) is 12.8 Å². The van der Waals surface area contributed by atoms with E-state index in [4.69, 9.17) is 16.0 Å². The van der Waals surface area contributed by atoms with Crippen molar-refractivity contribution >= 4 is 27.3 Å². The minimum Gasteiger partial charge on any atom is -0.452 e. The monoisotopic (exact) mass is 279 g/mol. The van der Waals surface area contributed by atoms with Crippen molar-refractivity contribution in [1.82, 2.24) is 5.32 Å². The number of hydrogen-bond acceptors (Lipinski definition) is 4. The van der Waals surface area contributed by atoms with Gasteiger partial charge in [0.1, 0.15) is 0 Å². The van der Waals surface area contributed by atoms with Crippen molar-refractivity contribution in [3.8, 4) is 0 Å². The summed E-state index contributed by atoms with van der Waals surface area (Å²) in [4.78, 5) is 11.6. The maximum atomic E-state index is 11.6. The van der Waals surface area contributed by atoms with E-state index in [-0.39, 0.29) is 17.3 Å². The molecule has 0 aromatic carbocycles. The standard InChI is InChI=1S/C10H14ClNO4S/c1-10(2,17(3,14)15)6-12-9(13)7-4-5-16-8(7)11/h4-5H,6H2,1-3H3,(H,12,13). The van der Waals surface area contributed by atoms with Gasteiger partial charge in [-0.2, -0.15) is 0 Å². The molecule has 0 saturated heterocycles. The molecule has 1 aromatic heterocycles. The van der Waals surface area contributed by atoms with Crippen LogP contribution in [0.1, 0.15) is 24.2 Å². The Hall–Kier alpha value is -1.01. The van der Waals surface area contributed by atoms with E-state index in [2.05, 4.69) is 5.32 Å².